The minimum absolute atomic E-state index is 0.0204. The first-order valence-electron chi connectivity index (χ1n) is 6.91. The second-order valence-corrected chi connectivity index (χ2v) is 6.16. The molecule has 0 saturated carbocycles. The van der Waals surface area contributed by atoms with Crippen molar-refractivity contribution in [1.29, 1.82) is 5.26 Å². The number of halogens is 3. The highest BCUT2D eigenvalue weighted by Gasteiger charge is 2.37. The molecule has 1 aliphatic heterocycles. The maximum Gasteiger partial charge on any atom is 0.338 e. The van der Waals surface area contributed by atoms with Gasteiger partial charge in [0, 0.05) is 4.47 Å². The summed E-state index contributed by atoms with van der Waals surface area (Å²) in [5.41, 5.74) is 6.33. The minimum Gasteiger partial charge on any atom is -0.463 e. The number of rotatable bonds is 3. The third-order valence-corrected chi connectivity index (χ3v) is 4.43. The summed E-state index contributed by atoms with van der Waals surface area (Å²) in [5, 5.41) is 9.32. The molecule has 0 radical (unpaired) electrons. The Hall–Kier alpha value is -2.04. The molecule has 1 aromatic rings. The van der Waals surface area contributed by atoms with Gasteiger partial charge in [-0.1, -0.05) is 27.5 Å². The van der Waals surface area contributed by atoms with Gasteiger partial charge in [-0.3, -0.25) is 0 Å². The molecule has 1 heterocycles. The van der Waals surface area contributed by atoms with Gasteiger partial charge in [0.05, 0.1) is 23.1 Å². The fraction of sp³-hybridized carbons (Fsp3) is 0.250. The van der Waals surface area contributed by atoms with Crippen molar-refractivity contribution in [3.05, 3.63) is 55.8 Å². The predicted octanol–water partition coefficient (Wildman–Crippen LogP) is 3.89. The van der Waals surface area contributed by atoms with Crippen molar-refractivity contribution in [2.45, 2.75) is 19.8 Å². The van der Waals surface area contributed by atoms with E-state index in [1.165, 1.54) is 6.07 Å². The molecule has 8 heteroatoms. The molecule has 126 valence electrons. The van der Waals surface area contributed by atoms with Crippen LogP contribution in [0.4, 0.5) is 4.39 Å². The Labute approximate surface area is 151 Å². The number of esters is 1. The van der Waals surface area contributed by atoms with Crippen molar-refractivity contribution in [3.8, 4) is 6.07 Å². The number of nitrogens with zero attached hydrogens (tertiary/aromatic N) is 1. The molecule has 5 nitrogen and oxygen atoms in total. The number of allylic oxidation sites excluding steroid dienone is 2. The second-order valence-electron chi connectivity index (χ2n) is 4.90. The summed E-state index contributed by atoms with van der Waals surface area (Å²) in [4.78, 5) is 12.4. The van der Waals surface area contributed by atoms with Gasteiger partial charge in [-0.15, -0.1) is 0 Å². The van der Waals surface area contributed by atoms with Crippen molar-refractivity contribution < 1.29 is 18.7 Å². The van der Waals surface area contributed by atoms with E-state index >= 15 is 0 Å². The first-order valence-corrected chi connectivity index (χ1v) is 8.08. The van der Waals surface area contributed by atoms with Crippen LogP contribution in [0.2, 0.25) is 5.02 Å². The molecule has 0 aliphatic carbocycles. The van der Waals surface area contributed by atoms with Gasteiger partial charge in [0.1, 0.15) is 23.2 Å². The third kappa shape index (κ3) is 3.25. The lowest BCUT2D eigenvalue weighted by molar-refractivity contribution is -0.139. The fourth-order valence-corrected chi connectivity index (χ4v) is 3.14. The molecule has 1 unspecified atom stereocenters. The quantitative estimate of drug-likeness (QED) is 0.598. The molecule has 0 saturated heterocycles. The standard InChI is InChI=1S/C16H13BrClFN2O3/c1-3-23-16(22)13-7(2)24-15(21)9(6-20)14(13)8-4-11(18)12(19)5-10(8)17/h4-5,14H,3,21H2,1-2H3. The van der Waals surface area contributed by atoms with Crippen LogP contribution in [0.1, 0.15) is 25.3 Å². The highest BCUT2D eigenvalue weighted by molar-refractivity contribution is 9.10. The maximum atomic E-state index is 13.6. The Morgan fingerprint density at radius 1 is 1.58 bits per heavy atom. The van der Waals surface area contributed by atoms with E-state index in [9.17, 15) is 14.4 Å². The van der Waals surface area contributed by atoms with Gasteiger partial charge < -0.3 is 15.2 Å². The van der Waals surface area contributed by atoms with Crippen molar-refractivity contribution in [2.75, 3.05) is 6.61 Å². The molecular formula is C16H13BrClFN2O3. The van der Waals surface area contributed by atoms with Crippen LogP contribution in [0.15, 0.2) is 39.4 Å². The lowest BCUT2D eigenvalue weighted by Gasteiger charge is -2.27. The zero-order chi connectivity index (χ0) is 18.0. The largest absolute Gasteiger partial charge is 0.463 e. The Bertz CT molecular complexity index is 814. The number of hydrogen-bond donors (Lipinski definition) is 1. The first kappa shape index (κ1) is 18.3. The van der Waals surface area contributed by atoms with Crippen molar-refractivity contribution in [2.24, 2.45) is 5.73 Å². The highest BCUT2D eigenvalue weighted by Crippen LogP contribution is 2.43. The normalized spacial score (nSPS) is 17.4. The molecule has 0 fully saturated rings. The molecular weight excluding hydrogens is 403 g/mol. The zero-order valence-corrected chi connectivity index (χ0v) is 15.2. The number of nitrogens with two attached hydrogens (primary N) is 1. The van der Waals surface area contributed by atoms with Gasteiger partial charge in [0.25, 0.3) is 0 Å². The summed E-state index contributed by atoms with van der Waals surface area (Å²) < 4.78 is 24.3. The van der Waals surface area contributed by atoms with Gasteiger partial charge in [-0.05, 0) is 31.5 Å². The van der Waals surface area contributed by atoms with Gasteiger partial charge in [0.15, 0.2) is 0 Å². The Kier molecular flexibility index (Phi) is 5.52. The first-order chi connectivity index (χ1) is 11.3. The van der Waals surface area contributed by atoms with Crippen LogP contribution in [0.3, 0.4) is 0 Å². The number of nitriles is 1. The monoisotopic (exact) mass is 414 g/mol. The van der Waals surface area contributed by atoms with Crippen molar-refractivity contribution >= 4 is 33.5 Å². The van der Waals surface area contributed by atoms with Gasteiger partial charge in [-0.25, -0.2) is 9.18 Å². The van der Waals surface area contributed by atoms with Crippen molar-refractivity contribution in [1.82, 2.24) is 0 Å². The van der Waals surface area contributed by atoms with Gasteiger partial charge >= 0.3 is 5.97 Å². The number of benzene rings is 1. The van der Waals surface area contributed by atoms with Crippen LogP contribution in [0.25, 0.3) is 0 Å². The average molecular weight is 416 g/mol. The molecule has 0 aromatic heterocycles. The Balaban J connectivity index is 2.72. The van der Waals surface area contributed by atoms with Crippen LogP contribution in [-0.2, 0) is 14.3 Å². The highest BCUT2D eigenvalue weighted by atomic mass is 79.9. The van der Waals surface area contributed by atoms with Crippen molar-refractivity contribution in [3.63, 3.8) is 0 Å². The van der Waals surface area contributed by atoms with E-state index in [0.717, 1.165) is 6.07 Å². The Morgan fingerprint density at radius 3 is 2.83 bits per heavy atom. The maximum absolute atomic E-state index is 13.6. The van der Waals surface area contributed by atoms with Gasteiger partial charge in [-0.2, -0.15) is 5.26 Å². The molecule has 2 N–H and O–H groups in total. The van der Waals surface area contributed by atoms with E-state index in [0.29, 0.717) is 10.0 Å². The molecule has 0 bridgehead atoms. The van der Waals surface area contributed by atoms with E-state index in [-0.39, 0.29) is 34.4 Å². The van der Waals surface area contributed by atoms with E-state index in [1.807, 2.05) is 6.07 Å². The number of ether oxygens (including phenoxy) is 2. The second kappa shape index (κ2) is 7.24. The average Bonchev–Trinajstić information content (AvgIpc) is 2.50. The summed E-state index contributed by atoms with van der Waals surface area (Å²) in [5.74, 6) is -2.07. The topological polar surface area (TPSA) is 85.3 Å². The van der Waals surface area contributed by atoms with E-state index < -0.39 is 17.7 Å². The SMILES string of the molecule is CCOC(=O)C1=C(C)OC(N)=C(C#N)C1c1cc(Cl)c(F)cc1Br. The van der Waals surface area contributed by atoms with Crippen LogP contribution < -0.4 is 5.73 Å². The number of carbonyl (C=O) groups excluding carboxylic acids is 1. The summed E-state index contributed by atoms with van der Waals surface area (Å²) >= 11 is 9.11. The minimum atomic E-state index is -0.879. The van der Waals surface area contributed by atoms with E-state index in [2.05, 4.69) is 15.9 Å². The Morgan fingerprint density at radius 2 is 2.25 bits per heavy atom. The molecule has 1 atom stereocenters. The number of carbonyl (C=O) groups is 1. The molecule has 1 aromatic carbocycles. The summed E-state index contributed by atoms with van der Waals surface area (Å²) in [7, 11) is 0. The molecule has 24 heavy (non-hydrogen) atoms. The van der Waals surface area contributed by atoms with Crippen LogP contribution in [0.5, 0.6) is 0 Å². The van der Waals surface area contributed by atoms with Crippen LogP contribution >= 0.6 is 27.5 Å². The smallest absolute Gasteiger partial charge is 0.338 e. The van der Waals surface area contributed by atoms with Crippen LogP contribution in [0, 0.1) is 17.1 Å². The van der Waals surface area contributed by atoms with E-state index in [4.69, 9.17) is 26.8 Å². The lowest BCUT2D eigenvalue weighted by atomic mass is 9.83. The van der Waals surface area contributed by atoms with Gasteiger partial charge in [0.2, 0.25) is 5.88 Å². The summed E-state index contributed by atoms with van der Waals surface area (Å²) in [6.45, 7) is 3.35. The summed E-state index contributed by atoms with van der Waals surface area (Å²) in [6, 6.07) is 4.45. The molecule has 0 spiro atoms. The van der Waals surface area contributed by atoms with Crippen LogP contribution in [-0.4, -0.2) is 12.6 Å². The van der Waals surface area contributed by atoms with E-state index in [1.54, 1.807) is 13.8 Å². The molecule has 2 rings (SSSR count). The molecule has 1 aliphatic rings. The summed E-state index contributed by atoms with van der Waals surface area (Å²) in [6.07, 6.45) is 0. The molecule has 0 amide bonds. The fourth-order valence-electron chi connectivity index (χ4n) is 2.42. The third-order valence-electron chi connectivity index (χ3n) is 3.45. The zero-order valence-electron chi connectivity index (χ0n) is 12.8. The lowest BCUT2D eigenvalue weighted by Crippen LogP contribution is -2.25. The number of hydrogen-bond acceptors (Lipinski definition) is 5. The predicted molar refractivity (Wildman–Crippen MR) is 89.1 cm³/mol.